The maximum Gasteiger partial charge on any atom is 0.126 e. The van der Waals surface area contributed by atoms with Gasteiger partial charge < -0.3 is 10.1 Å². The van der Waals surface area contributed by atoms with Gasteiger partial charge in [-0.2, -0.15) is 0 Å². The van der Waals surface area contributed by atoms with Crippen LogP contribution in [0.3, 0.4) is 0 Å². The molecule has 0 fully saturated rings. The number of rotatable bonds is 7. The summed E-state index contributed by atoms with van der Waals surface area (Å²) in [6, 6.07) is 8.44. The molecule has 0 bridgehead atoms. The number of nitrogens with one attached hydrogen (secondary N) is 1. The van der Waals surface area contributed by atoms with Gasteiger partial charge in [0, 0.05) is 11.6 Å². The second kappa shape index (κ2) is 7.72. The monoisotopic (exact) mass is 245 g/mol. The lowest BCUT2D eigenvalue weighted by Crippen LogP contribution is -2.26. The maximum absolute atomic E-state index is 5.64. The van der Waals surface area contributed by atoms with E-state index in [1.807, 2.05) is 18.2 Å². The van der Waals surface area contributed by atoms with Gasteiger partial charge in [0.2, 0.25) is 0 Å². The third-order valence-corrected chi connectivity index (χ3v) is 2.85. The molecule has 0 heterocycles. The summed E-state index contributed by atoms with van der Waals surface area (Å²) in [5.74, 6) is 0.903. The van der Waals surface area contributed by atoms with Gasteiger partial charge in [0.25, 0.3) is 0 Å². The standard InChI is InChI=1S/C16H23NO/c1-5-11-18-16-10-8-7-9-15(16)12-13(3)14(4)17-6-2/h5,7-10,12,14,17H,1,6,11H2,2-4H3/b13-12+. The van der Waals surface area contributed by atoms with Crippen LogP contribution >= 0.6 is 0 Å². The van der Waals surface area contributed by atoms with Crippen LogP contribution in [0, 0.1) is 0 Å². The molecule has 1 aromatic rings. The zero-order valence-electron chi connectivity index (χ0n) is 11.6. The van der Waals surface area contributed by atoms with Crippen LogP contribution in [0.1, 0.15) is 26.3 Å². The normalized spacial score (nSPS) is 13.2. The van der Waals surface area contributed by atoms with Crippen LogP contribution < -0.4 is 10.1 Å². The Morgan fingerprint density at radius 3 is 2.83 bits per heavy atom. The molecule has 0 aliphatic carbocycles. The van der Waals surface area contributed by atoms with Crippen molar-refractivity contribution in [2.75, 3.05) is 13.2 Å². The number of ether oxygens (including phenoxy) is 1. The van der Waals surface area contributed by atoms with Crippen molar-refractivity contribution >= 4 is 6.08 Å². The fraction of sp³-hybridized carbons (Fsp3) is 0.375. The SMILES string of the molecule is C=CCOc1ccccc1/C=C(\C)C(C)NCC. The molecule has 0 amide bonds. The van der Waals surface area contributed by atoms with Crippen molar-refractivity contribution in [3.05, 3.63) is 48.1 Å². The number of benzene rings is 1. The highest BCUT2D eigenvalue weighted by atomic mass is 16.5. The smallest absolute Gasteiger partial charge is 0.126 e. The van der Waals surface area contributed by atoms with E-state index in [9.17, 15) is 0 Å². The summed E-state index contributed by atoms with van der Waals surface area (Å²) in [7, 11) is 0. The van der Waals surface area contributed by atoms with Crippen molar-refractivity contribution in [3.8, 4) is 5.75 Å². The minimum absolute atomic E-state index is 0.377. The van der Waals surface area contributed by atoms with Gasteiger partial charge in [-0.15, -0.1) is 0 Å². The number of para-hydroxylation sites is 1. The third-order valence-electron chi connectivity index (χ3n) is 2.85. The van der Waals surface area contributed by atoms with Crippen LogP contribution in [0.25, 0.3) is 6.08 Å². The van der Waals surface area contributed by atoms with E-state index in [1.165, 1.54) is 5.57 Å². The Morgan fingerprint density at radius 2 is 2.17 bits per heavy atom. The Hall–Kier alpha value is -1.54. The molecule has 0 aliphatic heterocycles. The van der Waals surface area contributed by atoms with Gasteiger partial charge >= 0.3 is 0 Å². The van der Waals surface area contributed by atoms with Crippen molar-refractivity contribution < 1.29 is 4.74 Å². The summed E-state index contributed by atoms with van der Waals surface area (Å²) in [6.07, 6.45) is 3.93. The predicted octanol–water partition coefficient (Wildman–Crippen LogP) is 3.65. The van der Waals surface area contributed by atoms with Gasteiger partial charge in [0.05, 0.1) is 0 Å². The number of hydrogen-bond donors (Lipinski definition) is 1. The van der Waals surface area contributed by atoms with Gasteiger partial charge in [-0.05, 0) is 26.5 Å². The Kier molecular flexibility index (Phi) is 6.23. The predicted molar refractivity (Wildman–Crippen MR) is 78.9 cm³/mol. The number of hydrogen-bond acceptors (Lipinski definition) is 2. The van der Waals surface area contributed by atoms with E-state index >= 15 is 0 Å². The van der Waals surface area contributed by atoms with E-state index in [0.29, 0.717) is 12.6 Å². The molecule has 0 aromatic heterocycles. The zero-order chi connectivity index (χ0) is 13.4. The topological polar surface area (TPSA) is 21.3 Å². The highest BCUT2D eigenvalue weighted by Gasteiger charge is 2.04. The fourth-order valence-electron chi connectivity index (χ4n) is 1.72. The summed E-state index contributed by atoms with van der Waals surface area (Å²) in [5, 5.41) is 3.40. The molecule has 1 rings (SSSR count). The lowest BCUT2D eigenvalue weighted by atomic mass is 10.1. The molecule has 98 valence electrons. The van der Waals surface area contributed by atoms with Crippen LogP contribution in [0.15, 0.2) is 42.5 Å². The Morgan fingerprint density at radius 1 is 1.44 bits per heavy atom. The molecule has 0 radical (unpaired) electrons. The highest BCUT2D eigenvalue weighted by Crippen LogP contribution is 2.21. The van der Waals surface area contributed by atoms with E-state index in [4.69, 9.17) is 4.74 Å². The van der Waals surface area contributed by atoms with Crippen LogP contribution in [0.4, 0.5) is 0 Å². The quantitative estimate of drug-likeness (QED) is 0.740. The molecule has 1 aromatic carbocycles. The molecule has 2 heteroatoms. The van der Waals surface area contributed by atoms with E-state index < -0.39 is 0 Å². The largest absolute Gasteiger partial charge is 0.489 e. The first-order valence-corrected chi connectivity index (χ1v) is 6.43. The van der Waals surface area contributed by atoms with E-state index in [1.54, 1.807) is 6.08 Å². The maximum atomic E-state index is 5.64. The fourth-order valence-corrected chi connectivity index (χ4v) is 1.72. The Labute approximate surface area is 110 Å². The van der Waals surface area contributed by atoms with Crippen LogP contribution in [0.2, 0.25) is 0 Å². The van der Waals surface area contributed by atoms with Gasteiger partial charge in [-0.1, -0.05) is 49.4 Å². The number of likely N-dealkylation sites (N-methyl/N-ethyl adjacent to an activating group) is 1. The zero-order valence-corrected chi connectivity index (χ0v) is 11.6. The van der Waals surface area contributed by atoms with Crippen LogP contribution in [-0.2, 0) is 0 Å². The molecule has 1 atom stereocenters. The minimum atomic E-state index is 0.377. The average molecular weight is 245 g/mol. The van der Waals surface area contributed by atoms with Crippen LogP contribution in [0.5, 0.6) is 5.75 Å². The first-order valence-electron chi connectivity index (χ1n) is 6.43. The second-order valence-electron chi connectivity index (χ2n) is 4.31. The van der Waals surface area contributed by atoms with Crippen molar-refractivity contribution in [2.24, 2.45) is 0 Å². The van der Waals surface area contributed by atoms with E-state index in [0.717, 1.165) is 17.9 Å². The van der Waals surface area contributed by atoms with Crippen molar-refractivity contribution in [1.29, 1.82) is 0 Å². The van der Waals surface area contributed by atoms with Crippen molar-refractivity contribution in [2.45, 2.75) is 26.8 Å². The molecule has 1 unspecified atom stereocenters. The molecule has 0 saturated heterocycles. The average Bonchev–Trinajstić information content (AvgIpc) is 2.38. The molecule has 2 nitrogen and oxygen atoms in total. The molecular weight excluding hydrogens is 222 g/mol. The molecular formula is C16H23NO. The summed E-state index contributed by atoms with van der Waals surface area (Å²) >= 11 is 0. The van der Waals surface area contributed by atoms with Gasteiger partial charge in [0.1, 0.15) is 12.4 Å². The molecule has 0 aliphatic rings. The van der Waals surface area contributed by atoms with Gasteiger partial charge in [-0.25, -0.2) is 0 Å². The Bertz CT molecular complexity index is 409. The highest BCUT2D eigenvalue weighted by molar-refractivity contribution is 5.60. The van der Waals surface area contributed by atoms with Crippen molar-refractivity contribution in [3.63, 3.8) is 0 Å². The summed E-state index contributed by atoms with van der Waals surface area (Å²) in [4.78, 5) is 0. The molecule has 0 saturated carbocycles. The Balaban J connectivity index is 2.87. The van der Waals surface area contributed by atoms with Gasteiger partial charge in [-0.3, -0.25) is 0 Å². The van der Waals surface area contributed by atoms with Crippen LogP contribution in [-0.4, -0.2) is 19.2 Å². The minimum Gasteiger partial charge on any atom is -0.489 e. The summed E-state index contributed by atoms with van der Waals surface area (Å²) in [6.45, 7) is 11.6. The first-order chi connectivity index (χ1) is 8.69. The first kappa shape index (κ1) is 14.5. The lowest BCUT2D eigenvalue weighted by molar-refractivity contribution is 0.362. The summed E-state index contributed by atoms with van der Waals surface area (Å²) < 4.78 is 5.64. The summed E-state index contributed by atoms with van der Waals surface area (Å²) in [5.41, 5.74) is 2.41. The van der Waals surface area contributed by atoms with Gasteiger partial charge in [0.15, 0.2) is 0 Å². The molecule has 18 heavy (non-hydrogen) atoms. The second-order valence-corrected chi connectivity index (χ2v) is 4.31. The molecule has 1 N–H and O–H groups in total. The third kappa shape index (κ3) is 4.38. The van der Waals surface area contributed by atoms with E-state index in [-0.39, 0.29) is 0 Å². The lowest BCUT2D eigenvalue weighted by Gasteiger charge is -2.14. The van der Waals surface area contributed by atoms with E-state index in [2.05, 4.69) is 44.8 Å². The molecule has 0 spiro atoms. The van der Waals surface area contributed by atoms with Crippen molar-refractivity contribution in [1.82, 2.24) is 5.32 Å².